The highest BCUT2D eigenvalue weighted by Crippen LogP contribution is 2.24. The number of allylic oxidation sites excluding steroid dienone is 2. The molecule has 0 fully saturated rings. The Hall–Kier alpha value is -3.16. The predicted molar refractivity (Wildman–Crippen MR) is 143 cm³/mol. The molecule has 0 bridgehead atoms. The van der Waals surface area contributed by atoms with Crippen LogP contribution in [0, 0.1) is 11.8 Å². The number of benzene rings is 2. The largest absolute Gasteiger partial charge is 0.392 e. The quantitative estimate of drug-likeness (QED) is 0.285. The third kappa shape index (κ3) is 8.04. The molecule has 0 spiro atoms. The molecule has 1 aromatic heterocycles. The summed E-state index contributed by atoms with van der Waals surface area (Å²) in [4.78, 5) is 0. The summed E-state index contributed by atoms with van der Waals surface area (Å²) < 4.78 is 5.28. The Balaban J connectivity index is 1.68. The number of methoxy groups -OCH3 is 1. The lowest BCUT2D eigenvalue weighted by atomic mass is 10.0. The summed E-state index contributed by atoms with van der Waals surface area (Å²) in [6, 6.07) is 19.0. The van der Waals surface area contributed by atoms with Gasteiger partial charge in [0.2, 0.25) is 0 Å². The highest BCUT2D eigenvalue weighted by molar-refractivity contribution is 7.08. The maximum atomic E-state index is 9.77. The average molecular weight is 455 g/mol. The van der Waals surface area contributed by atoms with E-state index in [4.69, 9.17) is 4.74 Å². The molecule has 0 radical (unpaired) electrons. The molecule has 3 aromatic rings. The molecule has 0 atom stereocenters. The molecule has 0 saturated heterocycles. The second-order valence-corrected chi connectivity index (χ2v) is 8.97. The number of aliphatic hydroxyl groups is 1. The first-order valence-electron chi connectivity index (χ1n) is 10.9. The maximum absolute atomic E-state index is 9.77. The van der Waals surface area contributed by atoms with Gasteiger partial charge >= 0.3 is 0 Å². The average Bonchev–Trinajstić information content (AvgIpc) is 3.37. The van der Waals surface area contributed by atoms with Crippen molar-refractivity contribution in [3.05, 3.63) is 99.8 Å². The Morgan fingerprint density at radius 2 is 1.73 bits per heavy atom. The number of hydrogen-bond donors (Lipinski definition) is 1. The fraction of sp³-hybridized carbons (Fsp3) is 0.200. The Morgan fingerprint density at radius 1 is 1.00 bits per heavy atom. The second kappa shape index (κ2) is 12.2. The van der Waals surface area contributed by atoms with Crippen LogP contribution in [-0.2, 0) is 4.74 Å². The molecule has 0 aliphatic rings. The molecule has 0 aliphatic carbocycles. The lowest BCUT2D eigenvalue weighted by Gasteiger charge is -2.13. The molecule has 0 amide bonds. The van der Waals surface area contributed by atoms with Crippen molar-refractivity contribution < 1.29 is 9.84 Å². The van der Waals surface area contributed by atoms with Gasteiger partial charge < -0.3 is 9.84 Å². The van der Waals surface area contributed by atoms with E-state index in [1.54, 1.807) is 18.4 Å². The Labute approximate surface area is 201 Å². The lowest BCUT2D eigenvalue weighted by Crippen LogP contribution is -2.18. The molecular formula is C30H30O2S. The van der Waals surface area contributed by atoms with E-state index in [0.717, 1.165) is 16.7 Å². The maximum Gasteiger partial charge on any atom is 0.123 e. The molecule has 0 unspecified atom stereocenters. The van der Waals surface area contributed by atoms with Crippen LogP contribution in [0.5, 0.6) is 0 Å². The number of rotatable bonds is 8. The summed E-state index contributed by atoms with van der Waals surface area (Å²) in [5.74, 6) is 6.05. The number of aliphatic hydroxyl groups excluding tert-OH is 1. The van der Waals surface area contributed by atoms with E-state index < -0.39 is 5.60 Å². The standard InChI is InChI=1S/C30H30O2S/c1-30(2,32-3)17-6-4-5-9-27(22-31)20-26-12-7-10-24(19-26)14-15-25-11-8-13-28(21-25)29-16-18-33-23-29/h4-5,7-8,10-16,18-21,23,31H,9,22H2,1-3H3. The van der Waals surface area contributed by atoms with Crippen LogP contribution in [0.3, 0.4) is 0 Å². The zero-order valence-corrected chi connectivity index (χ0v) is 20.2. The molecular weight excluding hydrogens is 424 g/mol. The van der Waals surface area contributed by atoms with E-state index in [1.807, 2.05) is 38.1 Å². The van der Waals surface area contributed by atoms with Crippen LogP contribution in [0.1, 0.15) is 37.0 Å². The topological polar surface area (TPSA) is 29.5 Å². The highest BCUT2D eigenvalue weighted by Gasteiger charge is 2.10. The fourth-order valence-corrected chi connectivity index (χ4v) is 3.80. The van der Waals surface area contributed by atoms with Crippen LogP contribution < -0.4 is 0 Å². The van der Waals surface area contributed by atoms with Gasteiger partial charge in [0, 0.05) is 7.11 Å². The summed E-state index contributed by atoms with van der Waals surface area (Å²) in [5, 5.41) is 14.0. The third-order valence-corrected chi connectivity index (χ3v) is 5.84. The zero-order chi connectivity index (χ0) is 23.5. The fourth-order valence-electron chi connectivity index (χ4n) is 3.14. The molecule has 2 nitrogen and oxygen atoms in total. The summed E-state index contributed by atoms with van der Waals surface area (Å²) in [6.07, 6.45) is 10.7. The van der Waals surface area contributed by atoms with Crippen molar-refractivity contribution in [2.75, 3.05) is 13.7 Å². The molecule has 0 aliphatic heterocycles. The monoisotopic (exact) mass is 454 g/mol. The van der Waals surface area contributed by atoms with E-state index in [0.29, 0.717) is 6.42 Å². The molecule has 168 valence electrons. The van der Waals surface area contributed by atoms with Gasteiger partial charge in [-0.05, 0) is 88.7 Å². The lowest BCUT2D eigenvalue weighted by molar-refractivity contribution is 0.0742. The third-order valence-electron chi connectivity index (χ3n) is 5.16. The Morgan fingerprint density at radius 3 is 2.42 bits per heavy atom. The summed E-state index contributed by atoms with van der Waals surface area (Å²) in [5.41, 5.74) is 6.30. The van der Waals surface area contributed by atoms with Crippen molar-refractivity contribution in [1.82, 2.24) is 0 Å². The van der Waals surface area contributed by atoms with Crippen molar-refractivity contribution in [3.8, 4) is 23.0 Å². The summed E-state index contributed by atoms with van der Waals surface area (Å²) in [6.45, 7) is 3.86. The first-order valence-corrected chi connectivity index (χ1v) is 11.9. The van der Waals surface area contributed by atoms with E-state index in [1.165, 1.54) is 16.7 Å². The van der Waals surface area contributed by atoms with Crippen LogP contribution in [-0.4, -0.2) is 24.4 Å². The van der Waals surface area contributed by atoms with Gasteiger partial charge in [0.25, 0.3) is 0 Å². The SMILES string of the molecule is COC(C)(C)C#CC=CCC(=Cc1cccc(C=Cc2cccc(-c3ccsc3)c2)c1)CO. The molecule has 33 heavy (non-hydrogen) atoms. The van der Waals surface area contributed by atoms with Gasteiger partial charge in [-0.2, -0.15) is 11.3 Å². The van der Waals surface area contributed by atoms with Crippen molar-refractivity contribution in [2.24, 2.45) is 0 Å². The minimum absolute atomic E-state index is 0.0107. The molecule has 1 heterocycles. The zero-order valence-electron chi connectivity index (χ0n) is 19.4. The first-order chi connectivity index (χ1) is 16.0. The van der Waals surface area contributed by atoms with E-state index >= 15 is 0 Å². The van der Waals surface area contributed by atoms with Crippen LogP contribution >= 0.6 is 11.3 Å². The minimum Gasteiger partial charge on any atom is -0.392 e. The molecule has 3 heteroatoms. The number of thiophene rings is 1. The van der Waals surface area contributed by atoms with Gasteiger partial charge in [-0.1, -0.05) is 72.5 Å². The van der Waals surface area contributed by atoms with Crippen LogP contribution in [0.15, 0.2) is 83.1 Å². The van der Waals surface area contributed by atoms with Gasteiger partial charge in [-0.25, -0.2) is 0 Å². The van der Waals surface area contributed by atoms with Crippen molar-refractivity contribution >= 4 is 29.6 Å². The smallest absolute Gasteiger partial charge is 0.123 e. The van der Waals surface area contributed by atoms with E-state index in [2.05, 4.69) is 83.3 Å². The van der Waals surface area contributed by atoms with Crippen LogP contribution in [0.25, 0.3) is 29.4 Å². The van der Waals surface area contributed by atoms with Gasteiger partial charge in [-0.15, -0.1) is 0 Å². The van der Waals surface area contributed by atoms with Gasteiger partial charge in [0.15, 0.2) is 0 Å². The minimum atomic E-state index is -0.459. The molecule has 3 rings (SSSR count). The van der Waals surface area contributed by atoms with Crippen molar-refractivity contribution in [2.45, 2.75) is 25.9 Å². The Kier molecular flexibility index (Phi) is 9.04. The summed E-state index contributed by atoms with van der Waals surface area (Å²) in [7, 11) is 1.65. The predicted octanol–water partition coefficient (Wildman–Crippen LogP) is 7.34. The van der Waals surface area contributed by atoms with Crippen LogP contribution in [0.4, 0.5) is 0 Å². The van der Waals surface area contributed by atoms with Crippen molar-refractivity contribution in [3.63, 3.8) is 0 Å². The highest BCUT2D eigenvalue weighted by atomic mass is 32.1. The first kappa shape index (κ1) is 24.5. The molecule has 2 aromatic carbocycles. The second-order valence-electron chi connectivity index (χ2n) is 8.19. The number of ether oxygens (including phenoxy) is 1. The van der Waals surface area contributed by atoms with Gasteiger partial charge in [-0.3, -0.25) is 0 Å². The molecule has 1 N–H and O–H groups in total. The van der Waals surface area contributed by atoms with E-state index in [-0.39, 0.29) is 6.61 Å². The molecule has 0 saturated carbocycles. The Bertz CT molecular complexity index is 1190. The normalized spacial score (nSPS) is 12.3. The van der Waals surface area contributed by atoms with E-state index in [9.17, 15) is 5.11 Å². The van der Waals surface area contributed by atoms with Crippen molar-refractivity contribution in [1.29, 1.82) is 0 Å². The van der Waals surface area contributed by atoms with Gasteiger partial charge in [0.1, 0.15) is 5.60 Å². The summed E-state index contributed by atoms with van der Waals surface area (Å²) >= 11 is 1.71. The van der Waals surface area contributed by atoms with Gasteiger partial charge in [0.05, 0.1) is 6.61 Å². The number of hydrogen-bond acceptors (Lipinski definition) is 3. The van der Waals surface area contributed by atoms with Crippen LogP contribution in [0.2, 0.25) is 0 Å².